The van der Waals surface area contributed by atoms with Crippen molar-refractivity contribution in [3.05, 3.63) is 258 Å². The standard InChI is InChI=1S/C63H48N3.Ir/c1-44-34-36-64-62(38-44)55-23-19-47(20-24-55)14-16-49-39-48(15-13-46-17-21-54(22-18-46)61-33-12-45(2)43-66-61)40-58(41-49)60-11-7-6-10-59(60)53-29-31-56(32-30-53)63-42-57(35-37-65-63)52-27-25-51(26-28-52)50-8-4-3-5-9-50;/h3-12,17-21,23,25-31,33-43H,13-16H2,1-2H3;/q-3;+3. The number of rotatable bonds is 13. The van der Waals surface area contributed by atoms with Crippen molar-refractivity contribution < 1.29 is 20.1 Å². The molecule has 3 aromatic heterocycles. The smallest absolute Gasteiger partial charge is 0.305 e. The van der Waals surface area contributed by atoms with Gasteiger partial charge < -0.3 is 15.0 Å². The van der Waals surface area contributed by atoms with Crippen LogP contribution in [-0.4, -0.2) is 15.0 Å². The molecule has 3 heterocycles. The third-order valence-corrected chi connectivity index (χ3v) is 12.3. The number of nitrogens with zero attached hydrogens (tertiary/aromatic N) is 3. The maximum atomic E-state index is 4.77. The first-order valence-electron chi connectivity index (χ1n) is 22.7. The summed E-state index contributed by atoms with van der Waals surface area (Å²) in [5.74, 6) is 0. The van der Waals surface area contributed by atoms with Gasteiger partial charge in [-0.3, -0.25) is 0 Å². The van der Waals surface area contributed by atoms with E-state index in [1.54, 1.807) is 0 Å². The summed E-state index contributed by atoms with van der Waals surface area (Å²) in [5, 5.41) is 0. The van der Waals surface area contributed by atoms with Crippen molar-refractivity contribution in [3.8, 4) is 78.3 Å². The molecule has 0 saturated carbocycles. The summed E-state index contributed by atoms with van der Waals surface area (Å²) in [6.45, 7) is 4.16. The topological polar surface area (TPSA) is 38.7 Å². The number of hydrogen-bond donors (Lipinski definition) is 0. The number of aromatic nitrogens is 3. The van der Waals surface area contributed by atoms with E-state index in [0.717, 1.165) is 81.7 Å². The fourth-order valence-corrected chi connectivity index (χ4v) is 8.62. The minimum atomic E-state index is 0. The van der Waals surface area contributed by atoms with Crippen molar-refractivity contribution in [3.63, 3.8) is 0 Å². The summed E-state index contributed by atoms with van der Waals surface area (Å²) in [5.41, 5.74) is 22.7. The van der Waals surface area contributed by atoms with Crippen LogP contribution in [0.3, 0.4) is 0 Å². The predicted molar refractivity (Wildman–Crippen MR) is 272 cm³/mol. The van der Waals surface area contributed by atoms with Crippen LogP contribution in [0.4, 0.5) is 0 Å². The third-order valence-electron chi connectivity index (χ3n) is 12.3. The van der Waals surface area contributed by atoms with Gasteiger partial charge in [0.25, 0.3) is 0 Å². The van der Waals surface area contributed by atoms with Gasteiger partial charge in [0, 0.05) is 18.6 Å². The molecule has 0 aliphatic rings. The van der Waals surface area contributed by atoms with Crippen LogP contribution in [0.15, 0.2) is 207 Å². The van der Waals surface area contributed by atoms with Gasteiger partial charge in [-0.05, 0) is 106 Å². The zero-order chi connectivity index (χ0) is 44.7. The predicted octanol–water partition coefficient (Wildman–Crippen LogP) is 15.1. The zero-order valence-electron chi connectivity index (χ0n) is 37.6. The molecule has 10 aromatic rings. The molecule has 0 N–H and O–H groups in total. The Labute approximate surface area is 408 Å². The molecule has 0 aliphatic heterocycles. The maximum absolute atomic E-state index is 4.77. The third kappa shape index (κ3) is 10.9. The quantitative estimate of drug-likeness (QED) is 0.108. The summed E-state index contributed by atoms with van der Waals surface area (Å²) in [6.07, 6.45) is 9.32. The largest absolute Gasteiger partial charge is 3.00 e. The van der Waals surface area contributed by atoms with Crippen LogP contribution >= 0.6 is 0 Å². The molecule has 0 amide bonds. The zero-order valence-corrected chi connectivity index (χ0v) is 40.0. The number of pyridine rings is 3. The molecule has 3 nitrogen and oxygen atoms in total. The van der Waals surface area contributed by atoms with E-state index in [0.29, 0.717) is 0 Å². The van der Waals surface area contributed by atoms with Gasteiger partial charge in [-0.1, -0.05) is 151 Å². The van der Waals surface area contributed by atoms with Crippen LogP contribution in [0.1, 0.15) is 33.4 Å². The SMILES string of the molecule is Cc1ccc(-c2[c-]cc(CCc3cc(CCc4c[c-]c(-c5cc(C)ccn5)cc4)cc(-c4ccccc4-c4c[c-]c(-c5cc(-c6ccc(-c7ccccc7)cc6)ccn5)cc4)c3)cc2)nc1.[Ir+3]. The molecule has 0 spiro atoms. The summed E-state index contributed by atoms with van der Waals surface area (Å²) in [6, 6.07) is 77.7. The fraction of sp³-hybridized carbons (Fsp3) is 0.0952. The van der Waals surface area contributed by atoms with Crippen molar-refractivity contribution in [1.29, 1.82) is 0 Å². The van der Waals surface area contributed by atoms with Crippen molar-refractivity contribution in [2.24, 2.45) is 0 Å². The van der Waals surface area contributed by atoms with Crippen molar-refractivity contribution in [1.82, 2.24) is 15.0 Å². The van der Waals surface area contributed by atoms with E-state index in [1.165, 1.54) is 55.6 Å². The van der Waals surface area contributed by atoms with E-state index in [9.17, 15) is 0 Å². The van der Waals surface area contributed by atoms with Gasteiger partial charge in [0.1, 0.15) is 0 Å². The molecule has 324 valence electrons. The molecule has 10 rings (SSSR count). The molecular weight excluding hydrogens is 991 g/mol. The molecule has 67 heavy (non-hydrogen) atoms. The molecular formula is C63H48IrN3. The van der Waals surface area contributed by atoms with Crippen LogP contribution in [-0.2, 0) is 45.8 Å². The van der Waals surface area contributed by atoms with Gasteiger partial charge in [-0.15, -0.1) is 101 Å². The average molecular weight is 1040 g/mol. The van der Waals surface area contributed by atoms with Crippen molar-refractivity contribution in [2.75, 3.05) is 0 Å². The Morgan fingerprint density at radius 1 is 0.343 bits per heavy atom. The molecule has 0 fully saturated rings. The number of aryl methyl sites for hydroxylation is 6. The number of hydrogen-bond acceptors (Lipinski definition) is 3. The second-order valence-electron chi connectivity index (χ2n) is 17.1. The Hall–Kier alpha value is -7.36. The van der Waals surface area contributed by atoms with Crippen LogP contribution < -0.4 is 0 Å². The Morgan fingerprint density at radius 3 is 1.45 bits per heavy atom. The minimum absolute atomic E-state index is 0. The van der Waals surface area contributed by atoms with Crippen LogP contribution in [0.25, 0.3) is 78.3 Å². The van der Waals surface area contributed by atoms with E-state index in [-0.39, 0.29) is 20.1 Å². The normalized spacial score (nSPS) is 11.0. The maximum Gasteiger partial charge on any atom is 3.00 e. The molecule has 0 unspecified atom stereocenters. The van der Waals surface area contributed by atoms with Crippen LogP contribution in [0, 0.1) is 32.0 Å². The van der Waals surface area contributed by atoms with Crippen molar-refractivity contribution >= 4 is 0 Å². The average Bonchev–Trinajstić information content (AvgIpc) is 3.38. The molecule has 7 aromatic carbocycles. The minimum Gasteiger partial charge on any atom is -0.305 e. The van der Waals surface area contributed by atoms with Gasteiger partial charge in [0.2, 0.25) is 0 Å². The van der Waals surface area contributed by atoms with Gasteiger partial charge in [-0.2, -0.15) is 0 Å². The Kier molecular flexibility index (Phi) is 14.0. The van der Waals surface area contributed by atoms with E-state index in [2.05, 4.69) is 218 Å². The van der Waals surface area contributed by atoms with E-state index in [1.807, 2.05) is 30.7 Å². The second-order valence-corrected chi connectivity index (χ2v) is 17.1. The Bertz CT molecular complexity index is 3210. The van der Waals surface area contributed by atoms with Gasteiger partial charge in [0.05, 0.1) is 0 Å². The monoisotopic (exact) mass is 1040 g/mol. The van der Waals surface area contributed by atoms with Crippen molar-refractivity contribution in [2.45, 2.75) is 39.5 Å². The first kappa shape index (κ1) is 44.8. The fourth-order valence-electron chi connectivity index (χ4n) is 8.62. The second kappa shape index (κ2) is 20.9. The van der Waals surface area contributed by atoms with Crippen LogP contribution in [0.2, 0.25) is 0 Å². The van der Waals surface area contributed by atoms with Gasteiger partial charge in [-0.25, -0.2) is 0 Å². The van der Waals surface area contributed by atoms with Gasteiger partial charge in [0.15, 0.2) is 0 Å². The van der Waals surface area contributed by atoms with Crippen LogP contribution in [0.5, 0.6) is 0 Å². The molecule has 0 radical (unpaired) electrons. The molecule has 4 heteroatoms. The summed E-state index contributed by atoms with van der Waals surface area (Å²) >= 11 is 0. The van der Waals surface area contributed by atoms with E-state index >= 15 is 0 Å². The molecule has 0 aliphatic carbocycles. The number of benzene rings is 7. The summed E-state index contributed by atoms with van der Waals surface area (Å²) in [7, 11) is 0. The van der Waals surface area contributed by atoms with Gasteiger partial charge >= 0.3 is 20.1 Å². The first-order chi connectivity index (χ1) is 32.5. The summed E-state index contributed by atoms with van der Waals surface area (Å²) < 4.78 is 0. The van der Waals surface area contributed by atoms with E-state index < -0.39 is 0 Å². The Balaban J connectivity index is 0.00000562. The Morgan fingerprint density at radius 2 is 0.866 bits per heavy atom. The summed E-state index contributed by atoms with van der Waals surface area (Å²) in [4.78, 5) is 13.9. The molecule has 0 saturated heterocycles. The molecule has 0 atom stereocenters. The molecule has 0 bridgehead atoms. The van der Waals surface area contributed by atoms with E-state index in [4.69, 9.17) is 4.98 Å². The first-order valence-corrected chi connectivity index (χ1v) is 22.7.